The van der Waals surface area contributed by atoms with Crippen molar-refractivity contribution in [1.82, 2.24) is 19.3 Å². The van der Waals surface area contributed by atoms with Gasteiger partial charge in [-0.15, -0.1) is 22.6 Å². The van der Waals surface area contributed by atoms with E-state index in [1.54, 1.807) is 12.4 Å². The highest BCUT2D eigenvalue weighted by Crippen LogP contribution is 2.52. The number of nitrogens with zero attached hydrogens (tertiary/aromatic N) is 5. The molecule has 1 saturated carbocycles. The van der Waals surface area contributed by atoms with Gasteiger partial charge in [0.25, 0.3) is 11.5 Å². The van der Waals surface area contributed by atoms with E-state index < -0.39 is 35.2 Å². The molecule has 1 aliphatic carbocycles. The number of carbonyl (C=O) groups excluding carboxylic acids is 2. The van der Waals surface area contributed by atoms with Crippen molar-refractivity contribution in [3.63, 3.8) is 0 Å². The largest absolute Gasteiger partial charge is 0.406 e. The molecule has 1 fully saturated rings. The second kappa shape index (κ2) is 12.8. The first-order valence-electron chi connectivity index (χ1n) is 13.7. The molecule has 14 heteroatoms. The minimum Gasteiger partial charge on any atom is -0.367 e. The van der Waals surface area contributed by atoms with Crippen molar-refractivity contribution in [2.45, 2.75) is 65.2 Å². The summed E-state index contributed by atoms with van der Waals surface area (Å²) in [5.41, 5.74) is 5.80. The number of aromatic nitrogens is 4. The highest BCUT2D eigenvalue weighted by atomic mass is 35.5. The molecule has 0 atom stereocenters. The Morgan fingerprint density at radius 1 is 1.21 bits per heavy atom. The Bertz CT molecular complexity index is 1540. The zero-order valence-corrected chi connectivity index (χ0v) is 25.6. The van der Waals surface area contributed by atoms with Gasteiger partial charge in [0, 0.05) is 44.6 Å². The number of benzene rings is 1. The molecule has 0 radical (unpaired) electrons. The second-order valence-corrected chi connectivity index (χ2v) is 11.8. The van der Waals surface area contributed by atoms with E-state index in [1.165, 1.54) is 13.0 Å². The molecule has 0 saturated heterocycles. The molecule has 2 aromatic heterocycles. The first-order valence-corrected chi connectivity index (χ1v) is 13.7. The molecule has 10 nitrogen and oxygen atoms in total. The van der Waals surface area contributed by atoms with Crippen molar-refractivity contribution in [2.75, 3.05) is 16.8 Å². The van der Waals surface area contributed by atoms with Gasteiger partial charge in [-0.2, -0.15) is 13.2 Å². The lowest BCUT2D eigenvalue weighted by atomic mass is 9.58. The summed E-state index contributed by atoms with van der Waals surface area (Å²) in [6, 6.07) is 6.99. The molecule has 0 spiro atoms. The Kier molecular flexibility index (Phi) is 10.00. The van der Waals surface area contributed by atoms with Gasteiger partial charge in [-0.25, -0.2) is 0 Å². The van der Waals surface area contributed by atoms with E-state index in [0.717, 1.165) is 30.4 Å². The number of hydrogen-bond donors (Lipinski definition) is 2. The van der Waals surface area contributed by atoms with Crippen molar-refractivity contribution >= 4 is 35.6 Å². The van der Waals surface area contributed by atoms with Crippen LogP contribution in [0.3, 0.4) is 0 Å². The van der Waals surface area contributed by atoms with Gasteiger partial charge in [0.2, 0.25) is 5.91 Å². The smallest absolute Gasteiger partial charge is 0.367 e. The predicted octanol–water partition coefficient (Wildman–Crippen LogP) is 4.40. The number of aryl methyl sites for hydroxylation is 1. The summed E-state index contributed by atoms with van der Waals surface area (Å²) in [7, 11) is 1.88. The molecule has 0 bridgehead atoms. The summed E-state index contributed by atoms with van der Waals surface area (Å²) in [5, 5.41) is 11.4. The summed E-state index contributed by atoms with van der Waals surface area (Å²) >= 11 is 0. The summed E-state index contributed by atoms with van der Waals surface area (Å²) < 4.78 is 42.2. The van der Waals surface area contributed by atoms with Gasteiger partial charge >= 0.3 is 6.18 Å². The molecular formula is C29H37ClF3N7O3. The molecule has 0 unspecified atom stereocenters. The second-order valence-electron chi connectivity index (χ2n) is 11.8. The van der Waals surface area contributed by atoms with Crippen molar-refractivity contribution < 1.29 is 22.8 Å². The minimum absolute atomic E-state index is 0. The van der Waals surface area contributed by atoms with Crippen LogP contribution in [0.15, 0.2) is 41.6 Å². The van der Waals surface area contributed by atoms with E-state index in [-0.39, 0.29) is 30.8 Å². The van der Waals surface area contributed by atoms with Crippen LogP contribution in [0.1, 0.15) is 67.8 Å². The van der Waals surface area contributed by atoms with E-state index in [1.807, 2.05) is 42.5 Å². The lowest BCUT2D eigenvalue weighted by Gasteiger charge is -2.46. The Hall–Kier alpha value is -3.87. The van der Waals surface area contributed by atoms with E-state index in [2.05, 4.69) is 22.4 Å². The van der Waals surface area contributed by atoms with E-state index in [0.29, 0.717) is 34.0 Å². The number of nitrogens with two attached hydrogens (primary N) is 1. The molecule has 234 valence electrons. The van der Waals surface area contributed by atoms with Crippen LogP contribution in [0.25, 0.3) is 0 Å². The lowest BCUT2D eigenvalue weighted by molar-refractivity contribution is -0.141. The molecule has 3 aromatic rings. The number of alkyl halides is 3. The third kappa shape index (κ3) is 7.56. The third-order valence-corrected chi connectivity index (χ3v) is 7.41. The SMILES string of the molecule is CC(=O)Nc1cc(N(Cc2cc(C(N)=O)c(=O)n(CC(F)(F)F)c2)CC(C)C)cc(C2(c3nncn3C)CC(C)C2)c1.Cl. The third-order valence-electron chi connectivity index (χ3n) is 7.41. The van der Waals surface area contributed by atoms with Crippen molar-refractivity contribution in [3.05, 3.63) is 69.7 Å². The molecule has 0 aliphatic heterocycles. The van der Waals surface area contributed by atoms with Crippen LogP contribution in [0, 0.1) is 11.8 Å². The number of hydrogen-bond acceptors (Lipinski definition) is 6. The summed E-state index contributed by atoms with van der Waals surface area (Å²) in [6.07, 6.45) is -0.280. The quantitative estimate of drug-likeness (QED) is 0.345. The zero-order chi connectivity index (χ0) is 31.0. The predicted molar refractivity (Wildman–Crippen MR) is 159 cm³/mol. The maximum Gasteiger partial charge on any atom is 0.406 e. The molecule has 1 aromatic carbocycles. The van der Waals surface area contributed by atoms with E-state index in [9.17, 15) is 27.6 Å². The Labute approximate surface area is 253 Å². The fourth-order valence-electron chi connectivity index (χ4n) is 5.93. The number of amides is 2. The first kappa shape index (κ1) is 33.6. The van der Waals surface area contributed by atoms with Gasteiger partial charge in [-0.05, 0) is 60.1 Å². The van der Waals surface area contributed by atoms with Crippen molar-refractivity contribution in [3.8, 4) is 0 Å². The van der Waals surface area contributed by atoms with E-state index >= 15 is 0 Å². The van der Waals surface area contributed by atoms with Crippen LogP contribution >= 0.6 is 12.4 Å². The normalized spacial score (nSPS) is 18.1. The van der Waals surface area contributed by atoms with Crippen LogP contribution in [0.2, 0.25) is 0 Å². The number of pyridine rings is 1. The Morgan fingerprint density at radius 3 is 2.40 bits per heavy atom. The first-order chi connectivity index (χ1) is 19.6. The molecular weight excluding hydrogens is 587 g/mol. The van der Waals surface area contributed by atoms with Gasteiger partial charge in [0.05, 0.1) is 5.41 Å². The Morgan fingerprint density at radius 2 is 1.88 bits per heavy atom. The number of anilines is 2. The average Bonchev–Trinajstić information content (AvgIpc) is 3.27. The minimum atomic E-state index is -4.68. The maximum absolute atomic E-state index is 13.3. The van der Waals surface area contributed by atoms with Gasteiger partial charge in [0.1, 0.15) is 24.3 Å². The fourth-order valence-corrected chi connectivity index (χ4v) is 5.93. The maximum atomic E-state index is 13.3. The average molecular weight is 624 g/mol. The van der Waals surface area contributed by atoms with Gasteiger partial charge in [-0.3, -0.25) is 14.4 Å². The molecule has 1 aliphatic rings. The van der Waals surface area contributed by atoms with Crippen molar-refractivity contribution in [1.29, 1.82) is 0 Å². The monoisotopic (exact) mass is 623 g/mol. The summed E-state index contributed by atoms with van der Waals surface area (Å²) in [4.78, 5) is 38.6. The molecule has 4 rings (SSSR count). The van der Waals surface area contributed by atoms with E-state index in [4.69, 9.17) is 5.73 Å². The topological polar surface area (TPSA) is 128 Å². The van der Waals surface area contributed by atoms with Crippen LogP contribution in [0.4, 0.5) is 24.5 Å². The van der Waals surface area contributed by atoms with Gasteiger partial charge in [0.15, 0.2) is 0 Å². The molecule has 2 amide bonds. The highest BCUT2D eigenvalue weighted by molar-refractivity contribution is 5.92. The number of halogens is 4. The number of nitrogens with one attached hydrogen (secondary N) is 1. The van der Waals surface area contributed by atoms with Crippen LogP contribution in [-0.2, 0) is 30.3 Å². The molecule has 43 heavy (non-hydrogen) atoms. The number of carbonyl (C=O) groups is 2. The fraction of sp³-hybridized carbons (Fsp3) is 0.483. The Balaban J connectivity index is 0.00000506. The standard InChI is InChI=1S/C29H36F3N7O3.ClH/c1-17(2)12-38(13-20-6-24(25(33)41)26(42)39(14-20)15-29(30,31)32)23-8-21(7-22(9-23)35-19(4)40)28(10-18(3)11-28)27-36-34-16-37(27)5;/h6-9,14,16-18H,10-13,15H2,1-5H3,(H2,33,41)(H,35,40);1H. The van der Waals surface area contributed by atoms with Crippen LogP contribution in [-0.4, -0.2) is 43.9 Å². The number of primary amides is 1. The summed E-state index contributed by atoms with van der Waals surface area (Å²) in [5.74, 6) is 0.00265. The number of rotatable bonds is 10. The molecule has 2 heterocycles. The van der Waals surface area contributed by atoms with Crippen LogP contribution < -0.4 is 21.5 Å². The molecule has 3 N–H and O–H groups in total. The van der Waals surface area contributed by atoms with Gasteiger partial charge in [-0.1, -0.05) is 20.8 Å². The lowest BCUT2D eigenvalue weighted by Crippen LogP contribution is -2.43. The highest BCUT2D eigenvalue weighted by Gasteiger charge is 2.48. The zero-order valence-electron chi connectivity index (χ0n) is 24.7. The van der Waals surface area contributed by atoms with Gasteiger partial charge < -0.3 is 25.1 Å². The van der Waals surface area contributed by atoms with Crippen molar-refractivity contribution in [2.24, 2.45) is 24.6 Å². The summed E-state index contributed by atoms with van der Waals surface area (Å²) in [6.45, 7) is 6.58. The van der Waals surface area contributed by atoms with Crippen LogP contribution in [0.5, 0.6) is 0 Å².